The first kappa shape index (κ1) is 9.65. The third-order valence-electron chi connectivity index (χ3n) is 3.17. The van der Waals surface area contributed by atoms with E-state index in [1.807, 2.05) is 4.68 Å². The van der Waals surface area contributed by atoms with E-state index in [0.29, 0.717) is 5.41 Å². The smallest absolute Gasteiger partial charge is 0.0945 e. The molecule has 0 unspecified atom stereocenters. The summed E-state index contributed by atoms with van der Waals surface area (Å²) in [7, 11) is 0. The molecule has 1 aliphatic rings. The predicted molar refractivity (Wildman–Crippen MR) is 52.6 cm³/mol. The normalized spacial score (nSPS) is 21.6. The maximum atomic E-state index is 9.48. The summed E-state index contributed by atoms with van der Waals surface area (Å²) >= 11 is 0. The van der Waals surface area contributed by atoms with Crippen molar-refractivity contribution in [2.24, 2.45) is 5.41 Å². The Morgan fingerprint density at radius 3 is 2.86 bits per heavy atom. The van der Waals surface area contributed by atoms with Crippen molar-refractivity contribution in [3.05, 3.63) is 11.9 Å². The van der Waals surface area contributed by atoms with E-state index in [-0.39, 0.29) is 0 Å². The van der Waals surface area contributed by atoms with Gasteiger partial charge >= 0.3 is 0 Å². The van der Waals surface area contributed by atoms with Crippen LogP contribution in [0.4, 0.5) is 0 Å². The Morgan fingerprint density at radius 1 is 1.64 bits per heavy atom. The van der Waals surface area contributed by atoms with Gasteiger partial charge in [-0.1, -0.05) is 18.6 Å². The van der Waals surface area contributed by atoms with E-state index in [4.69, 9.17) is 0 Å². The minimum Gasteiger partial charge on any atom is -0.387 e. The monoisotopic (exact) mass is 195 g/mol. The lowest BCUT2D eigenvalue weighted by molar-refractivity contribution is 0.114. The summed E-state index contributed by atoms with van der Waals surface area (Å²) in [6.07, 6.45) is 4.99. The van der Waals surface area contributed by atoms with Crippen LogP contribution in [0.15, 0.2) is 6.20 Å². The van der Waals surface area contributed by atoms with Crippen LogP contribution < -0.4 is 0 Å². The molecule has 0 radical (unpaired) electrons. The molecule has 0 aliphatic heterocycles. The first-order valence-corrected chi connectivity index (χ1v) is 5.17. The van der Waals surface area contributed by atoms with E-state index in [2.05, 4.69) is 17.2 Å². The number of hydrogen-bond acceptors (Lipinski definition) is 3. The molecule has 1 N–H and O–H groups in total. The van der Waals surface area contributed by atoms with Crippen LogP contribution in [0, 0.1) is 5.41 Å². The van der Waals surface area contributed by atoms with Crippen molar-refractivity contribution < 1.29 is 5.11 Å². The van der Waals surface area contributed by atoms with Gasteiger partial charge in [-0.25, -0.2) is 4.68 Å². The van der Waals surface area contributed by atoms with E-state index in [9.17, 15) is 5.11 Å². The van der Waals surface area contributed by atoms with Crippen LogP contribution in [0.3, 0.4) is 0 Å². The molecule has 0 aromatic carbocycles. The van der Waals surface area contributed by atoms with Crippen molar-refractivity contribution in [1.82, 2.24) is 15.0 Å². The first-order chi connectivity index (χ1) is 6.61. The highest BCUT2D eigenvalue weighted by atomic mass is 16.3. The average Bonchev–Trinajstić information content (AvgIpc) is 2.49. The molecule has 78 valence electrons. The zero-order valence-electron chi connectivity index (χ0n) is 8.77. The van der Waals surface area contributed by atoms with Crippen LogP contribution in [0.5, 0.6) is 0 Å². The van der Waals surface area contributed by atoms with E-state index >= 15 is 0 Å². The lowest BCUT2D eigenvalue weighted by Crippen LogP contribution is -2.32. The highest BCUT2D eigenvalue weighted by Crippen LogP contribution is 2.41. The largest absolute Gasteiger partial charge is 0.387 e. The number of aliphatic hydroxyl groups excluding tert-OH is 1. The summed E-state index contributed by atoms with van der Waals surface area (Å²) in [4.78, 5) is 0. The lowest BCUT2D eigenvalue weighted by Gasteiger charge is -2.38. The summed E-state index contributed by atoms with van der Waals surface area (Å²) < 4.78 is 1.84. The molecule has 1 aromatic rings. The fourth-order valence-corrected chi connectivity index (χ4v) is 2.01. The van der Waals surface area contributed by atoms with E-state index < -0.39 is 6.10 Å². The molecule has 14 heavy (non-hydrogen) atoms. The maximum absolute atomic E-state index is 9.48. The van der Waals surface area contributed by atoms with Gasteiger partial charge in [-0.2, -0.15) is 0 Å². The van der Waals surface area contributed by atoms with Gasteiger partial charge in [-0.3, -0.25) is 0 Å². The fraction of sp³-hybridized carbons (Fsp3) is 0.800. The Hall–Kier alpha value is -0.900. The summed E-state index contributed by atoms with van der Waals surface area (Å²) in [6, 6.07) is 0. The second-order valence-corrected chi connectivity index (χ2v) is 4.66. The molecule has 1 atom stereocenters. The molecular weight excluding hydrogens is 178 g/mol. The maximum Gasteiger partial charge on any atom is 0.0945 e. The third kappa shape index (κ3) is 1.66. The highest BCUT2D eigenvalue weighted by molar-refractivity contribution is 4.99. The Balaban J connectivity index is 2.12. The van der Waals surface area contributed by atoms with Gasteiger partial charge in [0.2, 0.25) is 0 Å². The van der Waals surface area contributed by atoms with E-state index in [1.165, 1.54) is 19.3 Å². The molecule has 0 bridgehead atoms. The molecule has 4 nitrogen and oxygen atoms in total. The van der Waals surface area contributed by atoms with Crippen molar-refractivity contribution in [3.8, 4) is 0 Å². The molecule has 2 rings (SSSR count). The Bertz CT molecular complexity index is 315. The van der Waals surface area contributed by atoms with Crippen molar-refractivity contribution in [2.75, 3.05) is 0 Å². The summed E-state index contributed by atoms with van der Waals surface area (Å²) in [5.74, 6) is 0. The van der Waals surface area contributed by atoms with Crippen molar-refractivity contribution in [2.45, 2.75) is 45.8 Å². The van der Waals surface area contributed by atoms with Gasteiger partial charge in [0.1, 0.15) is 0 Å². The minimum absolute atomic E-state index is 0.372. The number of hydrogen-bond donors (Lipinski definition) is 1. The molecule has 1 fully saturated rings. The minimum atomic E-state index is -0.478. The van der Waals surface area contributed by atoms with Crippen LogP contribution in [0.25, 0.3) is 0 Å². The van der Waals surface area contributed by atoms with Gasteiger partial charge in [0, 0.05) is 6.54 Å². The summed E-state index contributed by atoms with van der Waals surface area (Å²) in [5.41, 5.74) is 1.19. The van der Waals surface area contributed by atoms with E-state index in [0.717, 1.165) is 12.2 Å². The number of rotatable bonds is 3. The predicted octanol–water partition coefficient (Wildman–Crippen LogP) is 1.52. The second kappa shape index (κ2) is 3.35. The molecule has 1 aliphatic carbocycles. The van der Waals surface area contributed by atoms with Gasteiger partial charge in [0.15, 0.2) is 0 Å². The molecule has 1 aromatic heterocycles. The summed E-state index contributed by atoms with van der Waals surface area (Å²) in [5, 5.41) is 17.3. The molecule has 0 amide bonds. The first-order valence-electron chi connectivity index (χ1n) is 5.17. The average molecular weight is 195 g/mol. The lowest BCUT2D eigenvalue weighted by atomic mass is 9.70. The summed E-state index contributed by atoms with van der Waals surface area (Å²) in [6.45, 7) is 4.90. The molecule has 0 spiro atoms. The van der Waals surface area contributed by atoms with Gasteiger partial charge < -0.3 is 5.11 Å². The standard InChI is InChI=1S/C10H17N3O/c1-8(14)9-6-11-12-13(9)7-10(2)4-3-5-10/h6,8,14H,3-5,7H2,1-2H3/t8-/m1/s1. The number of aliphatic hydroxyl groups is 1. The van der Waals surface area contributed by atoms with Crippen molar-refractivity contribution >= 4 is 0 Å². The van der Waals surface area contributed by atoms with Gasteiger partial charge in [0.25, 0.3) is 0 Å². The molecule has 1 heterocycles. The topological polar surface area (TPSA) is 50.9 Å². The van der Waals surface area contributed by atoms with Gasteiger partial charge in [-0.15, -0.1) is 5.10 Å². The zero-order valence-corrected chi connectivity index (χ0v) is 8.77. The van der Waals surface area contributed by atoms with E-state index in [1.54, 1.807) is 13.1 Å². The fourth-order valence-electron chi connectivity index (χ4n) is 2.01. The third-order valence-corrected chi connectivity index (χ3v) is 3.17. The van der Waals surface area contributed by atoms with Crippen LogP contribution in [0.1, 0.15) is 44.9 Å². The van der Waals surface area contributed by atoms with Gasteiger partial charge in [0.05, 0.1) is 18.0 Å². The number of aromatic nitrogens is 3. The zero-order chi connectivity index (χ0) is 10.2. The Morgan fingerprint density at radius 2 is 2.36 bits per heavy atom. The quantitative estimate of drug-likeness (QED) is 0.795. The van der Waals surface area contributed by atoms with Crippen molar-refractivity contribution in [3.63, 3.8) is 0 Å². The molecule has 4 heteroatoms. The molecular formula is C10H17N3O. The molecule has 0 saturated heterocycles. The van der Waals surface area contributed by atoms with Crippen LogP contribution in [0.2, 0.25) is 0 Å². The van der Waals surface area contributed by atoms with Gasteiger partial charge in [-0.05, 0) is 25.2 Å². The highest BCUT2D eigenvalue weighted by Gasteiger charge is 2.33. The van der Waals surface area contributed by atoms with Crippen molar-refractivity contribution in [1.29, 1.82) is 0 Å². The SMILES string of the molecule is C[C@@H](O)c1cnnn1CC1(C)CCC1. The Labute approximate surface area is 83.9 Å². The number of nitrogens with zero attached hydrogens (tertiary/aromatic N) is 3. The van der Waals surface area contributed by atoms with Crippen LogP contribution >= 0.6 is 0 Å². The van der Waals surface area contributed by atoms with Crippen LogP contribution in [-0.2, 0) is 6.54 Å². The Kier molecular flexibility index (Phi) is 2.31. The molecule has 1 saturated carbocycles. The van der Waals surface area contributed by atoms with Crippen LogP contribution in [-0.4, -0.2) is 20.1 Å². The second-order valence-electron chi connectivity index (χ2n) is 4.66.